The lowest BCUT2D eigenvalue weighted by atomic mass is 10.1. The van der Waals surface area contributed by atoms with E-state index in [9.17, 15) is 4.79 Å². The van der Waals surface area contributed by atoms with Crippen LogP contribution in [-0.2, 0) is 20.6 Å². The zero-order valence-corrected chi connectivity index (χ0v) is 28.8. The number of carbonyl (C=O) groups excluding carboxylic acids is 1. The number of hydrogen-bond acceptors (Lipinski definition) is 3. The highest BCUT2D eigenvalue weighted by atomic mass is 79.9. The summed E-state index contributed by atoms with van der Waals surface area (Å²) in [5.41, 5.74) is 1.94. The van der Waals surface area contributed by atoms with Crippen molar-refractivity contribution in [1.29, 1.82) is 0 Å². The van der Waals surface area contributed by atoms with Crippen LogP contribution in [0.1, 0.15) is 65.4 Å². The van der Waals surface area contributed by atoms with E-state index in [-0.39, 0.29) is 11.1 Å². The van der Waals surface area contributed by atoms with E-state index in [1.807, 2.05) is 31.2 Å². The van der Waals surface area contributed by atoms with Crippen molar-refractivity contribution in [2.75, 3.05) is 6.61 Å². The van der Waals surface area contributed by atoms with Gasteiger partial charge in [0.15, 0.2) is 0 Å². The molecule has 0 aromatic heterocycles. The number of allylic oxidation sites excluding steroid dienone is 5. The van der Waals surface area contributed by atoms with Crippen molar-refractivity contribution in [2.24, 2.45) is 0 Å². The second-order valence-electron chi connectivity index (χ2n) is 11.9. The number of rotatable bonds is 17. The Morgan fingerprint density at radius 1 is 0.860 bits per heavy atom. The lowest BCUT2D eigenvalue weighted by molar-refractivity contribution is -0.104. The molecule has 3 rings (SSSR count). The molecule has 0 heterocycles. The van der Waals surface area contributed by atoms with Gasteiger partial charge in [-0.15, -0.1) is 0 Å². The van der Waals surface area contributed by atoms with Crippen molar-refractivity contribution >= 4 is 40.9 Å². The number of unbranched alkanes of at least 4 members (excludes halogenated alkanes) is 2. The summed E-state index contributed by atoms with van der Waals surface area (Å²) in [6.45, 7) is 10.1. The molecule has 0 unspecified atom stereocenters. The molecule has 0 saturated heterocycles. The van der Waals surface area contributed by atoms with Crippen LogP contribution in [0.3, 0.4) is 0 Å². The topological polar surface area (TPSA) is 35.5 Å². The van der Waals surface area contributed by atoms with Crippen LogP contribution in [0.25, 0.3) is 0 Å². The summed E-state index contributed by atoms with van der Waals surface area (Å²) in [7, 11) is -2.50. The third-order valence-electron chi connectivity index (χ3n) is 7.52. The van der Waals surface area contributed by atoms with Crippen LogP contribution in [0.5, 0.6) is 0 Å². The van der Waals surface area contributed by atoms with E-state index < -0.39 is 8.32 Å². The Labute approximate surface area is 269 Å². The van der Waals surface area contributed by atoms with E-state index >= 15 is 0 Å². The van der Waals surface area contributed by atoms with Crippen LogP contribution in [0.15, 0.2) is 125 Å². The molecule has 43 heavy (non-hydrogen) atoms. The van der Waals surface area contributed by atoms with E-state index in [2.05, 4.69) is 128 Å². The van der Waals surface area contributed by atoms with Gasteiger partial charge >= 0.3 is 0 Å². The van der Waals surface area contributed by atoms with E-state index in [4.69, 9.17) is 9.16 Å². The van der Waals surface area contributed by atoms with Crippen molar-refractivity contribution in [1.82, 2.24) is 0 Å². The minimum atomic E-state index is -2.50. The fourth-order valence-electron chi connectivity index (χ4n) is 5.31. The average Bonchev–Trinajstić information content (AvgIpc) is 3.02. The van der Waals surface area contributed by atoms with Crippen molar-refractivity contribution in [3.8, 4) is 0 Å². The van der Waals surface area contributed by atoms with Crippen LogP contribution in [0.2, 0.25) is 5.04 Å². The van der Waals surface area contributed by atoms with Gasteiger partial charge in [0, 0.05) is 11.1 Å². The van der Waals surface area contributed by atoms with E-state index in [1.54, 1.807) is 0 Å². The first kappa shape index (κ1) is 34.7. The molecule has 1 atom stereocenters. The molecule has 0 radical (unpaired) electrons. The van der Waals surface area contributed by atoms with Crippen molar-refractivity contribution in [2.45, 2.75) is 77.5 Å². The highest BCUT2D eigenvalue weighted by Gasteiger charge is 2.49. The average molecular weight is 660 g/mol. The maximum absolute atomic E-state index is 10.9. The summed E-state index contributed by atoms with van der Waals surface area (Å²) >= 11 is 3.75. The second-order valence-corrected chi connectivity index (χ2v) is 17.2. The highest BCUT2D eigenvalue weighted by molar-refractivity contribution is 9.11. The molecular weight excluding hydrogens is 612 g/mol. The largest absolute Gasteiger partial charge is 0.407 e. The van der Waals surface area contributed by atoms with Crippen LogP contribution < -0.4 is 10.4 Å². The van der Waals surface area contributed by atoms with Gasteiger partial charge in [0.05, 0.1) is 12.7 Å². The van der Waals surface area contributed by atoms with Gasteiger partial charge in [-0.1, -0.05) is 146 Å². The van der Waals surface area contributed by atoms with Crippen LogP contribution in [-0.4, -0.2) is 27.3 Å². The maximum Gasteiger partial charge on any atom is 0.261 e. The fourth-order valence-corrected chi connectivity index (χ4v) is 10.4. The smallest absolute Gasteiger partial charge is 0.261 e. The van der Waals surface area contributed by atoms with Crippen LogP contribution in [0, 0.1) is 0 Å². The minimum absolute atomic E-state index is 0.0200. The Morgan fingerprint density at radius 3 is 2.00 bits per heavy atom. The summed E-state index contributed by atoms with van der Waals surface area (Å²) in [5, 5.41) is 2.61. The summed E-state index contributed by atoms with van der Waals surface area (Å²) in [6, 6.07) is 31.9. The van der Waals surface area contributed by atoms with Gasteiger partial charge in [0.1, 0.15) is 6.29 Å². The molecule has 0 amide bonds. The maximum atomic E-state index is 10.9. The molecule has 3 aromatic rings. The highest BCUT2D eigenvalue weighted by Crippen LogP contribution is 2.36. The van der Waals surface area contributed by atoms with E-state index in [1.165, 1.54) is 10.4 Å². The van der Waals surface area contributed by atoms with Gasteiger partial charge in [-0.2, -0.15) is 0 Å². The molecule has 0 spiro atoms. The molecule has 0 aliphatic rings. The normalized spacial score (nSPS) is 13.8. The molecule has 0 saturated carbocycles. The van der Waals surface area contributed by atoms with Gasteiger partial charge in [-0.3, -0.25) is 4.79 Å². The summed E-state index contributed by atoms with van der Waals surface area (Å²) in [5.74, 6) is 0. The van der Waals surface area contributed by atoms with Crippen LogP contribution in [0.4, 0.5) is 0 Å². The predicted octanol–water partition coefficient (Wildman–Crippen LogP) is 9.08. The molecule has 0 fully saturated rings. The number of aldehydes is 1. The Bertz CT molecular complexity index is 1270. The van der Waals surface area contributed by atoms with Crippen molar-refractivity contribution in [3.05, 3.63) is 131 Å². The van der Waals surface area contributed by atoms with Gasteiger partial charge in [-0.25, -0.2) is 0 Å². The predicted molar refractivity (Wildman–Crippen MR) is 188 cm³/mol. The standard InChI is InChI=1S/C38H47BrO3Si/c1-32(30-40)19-16-17-23-35(41-31-33-20-9-5-10-21-33)29-34(39)22-11-8-18-28-42-43(38(2,3)4,36-24-12-6-13-25-36)37-26-14-7-15-27-37/h5-7,9-15,19-22,24-27,29-30,35H,8,16-18,23,28,31H2,1-4H3/b22-11+,32-19+,34-29-/t35-/m0/s1. The molecule has 3 aromatic carbocycles. The first-order valence-electron chi connectivity index (χ1n) is 15.3. The fraction of sp³-hybridized carbons (Fsp3) is 0.342. The van der Waals surface area contributed by atoms with Crippen molar-refractivity contribution < 1.29 is 14.0 Å². The first-order valence-corrected chi connectivity index (χ1v) is 18.0. The first-order chi connectivity index (χ1) is 20.8. The number of carbonyl (C=O) groups is 1. The zero-order valence-electron chi connectivity index (χ0n) is 26.2. The van der Waals surface area contributed by atoms with Crippen LogP contribution >= 0.6 is 15.9 Å². The third kappa shape index (κ3) is 11.0. The van der Waals surface area contributed by atoms with E-state index in [0.717, 1.165) is 54.0 Å². The summed E-state index contributed by atoms with van der Waals surface area (Å²) in [4.78, 5) is 10.9. The number of halogens is 1. The lowest BCUT2D eigenvalue weighted by Crippen LogP contribution is -2.66. The molecule has 5 heteroatoms. The summed E-state index contributed by atoms with van der Waals surface area (Å²) in [6.07, 6.45) is 13.9. The Kier molecular flexibility index (Phi) is 14.6. The molecule has 0 aliphatic heterocycles. The van der Waals surface area contributed by atoms with Gasteiger partial charge in [0.2, 0.25) is 0 Å². The lowest BCUT2D eigenvalue weighted by Gasteiger charge is -2.43. The van der Waals surface area contributed by atoms with Crippen molar-refractivity contribution in [3.63, 3.8) is 0 Å². The van der Waals surface area contributed by atoms with Gasteiger partial charge in [0.25, 0.3) is 8.32 Å². The monoisotopic (exact) mass is 658 g/mol. The molecule has 228 valence electrons. The quantitative estimate of drug-likeness (QED) is 0.0477. The molecule has 0 N–H and O–H groups in total. The minimum Gasteiger partial charge on any atom is -0.407 e. The Balaban J connectivity index is 1.62. The second kappa shape index (κ2) is 18.1. The zero-order chi connectivity index (χ0) is 31.0. The van der Waals surface area contributed by atoms with E-state index in [0.29, 0.717) is 13.2 Å². The molecule has 0 aliphatic carbocycles. The number of ether oxygens (including phenoxy) is 1. The van der Waals surface area contributed by atoms with Gasteiger partial charge < -0.3 is 9.16 Å². The Hall–Kier alpha value is -2.83. The van der Waals surface area contributed by atoms with Gasteiger partial charge in [-0.05, 0) is 71.7 Å². The third-order valence-corrected chi connectivity index (χ3v) is 13.1. The number of benzene rings is 3. The number of hydrogen-bond donors (Lipinski definition) is 0. The Morgan fingerprint density at radius 2 is 1.44 bits per heavy atom. The molecule has 3 nitrogen and oxygen atoms in total. The summed E-state index contributed by atoms with van der Waals surface area (Å²) < 4.78 is 14.3. The molecular formula is C38H47BrO3Si. The SMILES string of the molecule is C/C(C=O)=C\CCC[C@@H](/C=C(Br)/C=C/CCCO[Si](c1ccccc1)(c1ccccc1)C(C)(C)C)OCc1ccccc1. The molecule has 0 bridgehead atoms.